The van der Waals surface area contributed by atoms with Gasteiger partial charge in [-0.25, -0.2) is 9.37 Å². The van der Waals surface area contributed by atoms with Crippen LogP contribution in [0.1, 0.15) is 62.0 Å². The van der Waals surface area contributed by atoms with Gasteiger partial charge < -0.3 is 14.5 Å². The van der Waals surface area contributed by atoms with Crippen LogP contribution in [0.4, 0.5) is 4.39 Å². The smallest absolute Gasteiger partial charge is 0.255 e. The quantitative estimate of drug-likeness (QED) is 0.411. The van der Waals surface area contributed by atoms with Gasteiger partial charge in [0, 0.05) is 37.3 Å². The van der Waals surface area contributed by atoms with Crippen molar-refractivity contribution in [2.75, 3.05) is 13.1 Å². The van der Waals surface area contributed by atoms with Gasteiger partial charge in [0.25, 0.3) is 5.91 Å². The lowest BCUT2D eigenvalue weighted by molar-refractivity contribution is 0.0503. The van der Waals surface area contributed by atoms with Crippen LogP contribution in [0.2, 0.25) is 0 Å². The molecule has 1 aliphatic rings. The first-order valence-electron chi connectivity index (χ1n) is 12.5. The highest BCUT2D eigenvalue weighted by Gasteiger charge is 2.32. The highest BCUT2D eigenvalue weighted by molar-refractivity contribution is 5.97. The Hall–Kier alpha value is -3.66. The lowest BCUT2D eigenvalue weighted by Gasteiger charge is -2.34. The van der Waals surface area contributed by atoms with Gasteiger partial charge in [0.15, 0.2) is 0 Å². The molecule has 9 nitrogen and oxygen atoms in total. The SMILES string of the molecule is Cc1nc(-c2ccc(-n3c(CCC(C)(C)O)cc4cc(C(=O)N5CCC(C)(F)CC5)cnc43)cn2)no1. The fourth-order valence-electron chi connectivity index (χ4n) is 4.58. The lowest BCUT2D eigenvalue weighted by Crippen LogP contribution is -2.43. The van der Waals surface area contributed by atoms with E-state index in [-0.39, 0.29) is 5.91 Å². The number of aryl methyl sites for hydroxylation is 2. The molecule has 5 heterocycles. The summed E-state index contributed by atoms with van der Waals surface area (Å²) in [7, 11) is 0. The number of carbonyl (C=O) groups is 1. The normalized spacial score (nSPS) is 15.9. The number of fused-ring (bicyclic) bond motifs is 1. The van der Waals surface area contributed by atoms with Gasteiger partial charge in [0.1, 0.15) is 17.0 Å². The first-order chi connectivity index (χ1) is 17.5. The predicted octanol–water partition coefficient (Wildman–Crippen LogP) is 4.45. The summed E-state index contributed by atoms with van der Waals surface area (Å²) >= 11 is 0. The Kier molecular flexibility index (Phi) is 6.31. The van der Waals surface area contributed by atoms with E-state index < -0.39 is 11.3 Å². The molecule has 194 valence electrons. The second-order valence-corrected chi connectivity index (χ2v) is 10.7. The molecule has 0 unspecified atom stereocenters. The first-order valence-corrected chi connectivity index (χ1v) is 12.5. The Morgan fingerprint density at radius 1 is 1.19 bits per heavy atom. The summed E-state index contributed by atoms with van der Waals surface area (Å²) in [4.78, 5) is 28.2. The molecule has 0 saturated carbocycles. The summed E-state index contributed by atoms with van der Waals surface area (Å²) in [6.45, 7) is 7.64. The zero-order chi connectivity index (χ0) is 26.4. The van der Waals surface area contributed by atoms with E-state index in [0.717, 1.165) is 16.8 Å². The van der Waals surface area contributed by atoms with Crippen LogP contribution < -0.4 is 0 Å². The Labute approximate surface area is 214 Å². The van der Waals surface area contributed by atoms with Gasteiger partial charge in [-0.05, 0) is 70.7 Å². The monoisotopic (exact) mass is 506 g/mol. The number of carbonyl (C=O) groups excluding carboxylic acids is 1. The van der Waals surface area contributed by atoms with E-state index in [1.54, 1.807) is 45.0 Å². The van der Waals surface area contributed by atoms with E-state index >= 15 is 0 Å². The maximum atomic E-state index is 14.2. The third-order valence-electron chi connectivity index (χ3n) is 6.81. The molecule has 0 atom stereocenters. The van der Waals surface area contributed by atoms with Gasteiger partial charge in [-0.2, -0.15) is 4.98 Å². The minimum atomic E-state index is -1.22. The fourth-order valence-corrected chi connectivity index (χ4v) is 4.58. The second-order valence-electron chi connectivity index (χ2n) is 10.7. The number of rotatable bonds is 6. The highest BCUT2D eigenvalue weighted by Crippen LogP contribution is 2.29. The highest BCUT2D eigenvalue weighted by atomic mass is 19.1. The van der Waals surface area contributed by atoms with Crippen molar-refractivity contribution >= 4 is 16.9 Å². The summed E-state index contributed by atoms with van der Waals surface area (Å²) in [6.07, 6.45) is 5.09. The van der Waals surface area contributed by atoms with Crippen molar-refractivity contribution in [1.82, 2.24) is 29.6 Å². The van der Waals surface area contributed by atoms with Crippen LogP contribution in [-0.4, -0.2) is 64.9 Å². The lowest BCUT2D eigenvalue weighted by atomic mass is 9.95. The molecule has 0 aromatic carbocycles. The summed E-state index contributed by atoms with van der Waals surface area (Å²) in [5.74, 6) is 0.733. The summed E-state index contributed by atoms with van der Waals surface area (Å²) in [6, 6.07) is 7.56. The van der Waals surface area contributed by atoms with Gasteiger partial charge >= 0.3 is 0 Å². The zero-order valence-corrected chi connectivity index (χ0v) is 21.5. The van der Waals surface area contributed by atoms with Crippen LogP contribution in [0.15, 0.2) is 41.2 Å². The van der Waals surface area contributed by atoms with Crippen LogP contribution in [0, 0.1) is 6.92 Å². The number of aromatic nitrogens is 5. The van der Waals surface area contributed by atoms with Crippen LogP contribution in [0.25, 0.3) is 28.2 Å². The fraction of sp³-hybridized carbons (Fsp3) is 0.444. The molecule has 1 saturated heterocycles. The average molecular weight is 507 g/mol. The number of likely N-dealkylation sites (tertiary alicyclic amines) is 1. The number of halogens is 1. The van der Waals surface area contributed by atoms with Crippen LogP contribution in [0.5, 0.6) is 0 Å². The molecule has 1 N–H and O–H groups in total. The second kappa shape index (κ2) is 9.33. The third-order valence-corrected chi connectivity index (χ3v) is 6.81. The van der Waals surface area contributed by atoms with Gasteiger partial charge in [-0.1, -0.05) is 5.16 Å². The van der Waals surface area contributed by atoms with Crippen LogP contribution in [0.3, 0.4) is 0 Å². The number of nitrogens with zero attached hydrogens (tertiary/aromatic N) is 6. The molecule has 1 aliphatic heterocycles. The molecule has 1 amide bonds. The molecule has 4 aromatic heterocycles. The number of piperidine rings is 1. The minimum absolute atomic E-state index is 0.142. The Balaban J connectivity index is 1.49. The number of hydrogen-bond acceptors (Lipinski definition) is 7. The Morgan fingerprint density at radius 2 is 1.95 bits per heavy atom. The van der Waals surface area contributed by atoms with Crippen LogP contribution >= 0.6 is 0 Å². The molecule has 4 aromatic rings. The Morgan fingerprint density at radius 3 is 2.57 bits per heavy atom. The number of aliphatic hydroxyl groups is 1. The van der Waals surface area contributed by atoms with E-state index in [2.05, 4.69) is 20.1 Å². The van der Waals surface area contributed by atoms with Crippen LogP contribution in [-0.2, 0) is 6.42 Å². The number of alkyl halides is 1. The molecule has 0 radical (unpaired) electrons. The van der Waals surface area contributed by atoms with Crippen molar-refractivity contribution in [1.29, 1.82) is 0 Å². The number of hydrogen-bond donors (Lipinski definition) is 1. The predicted molar refractivity (Wildman–Crippen MR) is 136 cm³/mol. The molecule has 10 heteroatoms. The summed E-state index contributed by atoms with van der Waals surface area (Å²) < 4.78 is 21.3. The maximum absolute atomic E-state index is 14.2. The van der Waals surface area contributed by atoms with Gasteiger partial charge in [0.05, 0.1) is 23.0 Å². The maximum Gasteiger partial charge on any atom is 0.255 e. The molecule has 1 fully saturated rings. The van der Waals surface area contributed by atoms with Gasteiger partial charge in [-0.15, -0.1) is 0 Å². The molecule has 5 rings (SSSR count). The van der Waals surface area contributed by atoms with Crippen molar-refractivity contribution in [3.8, 4) is 17.2 Å². The summed E-state index contributed by atoms with van der Waals surface area (Å²) in [5, 5.41) is 15.1. The zero-order valence-electron chi connectivity index (χ0n) is 21.5. The van der Waals surface area contributed by atoms with Crippen molar-refractivity contribution in [2.45, 2.75) is 64.6 Å². The van der Waals surface area contributed by atoms with Gasteiger partial charge in [0.2, 0.25) is 11.7 Å². The first kappa shape index (κ1) is 25.0. The molecule has 0 aliphatic carbocycles. The third kappa shape index (κ3) is 5.39. The van der Waals surface area contributed by atoms with Gasteiger partial charge in [-0.3, -0.25) is 14.3 Å². The number of amides is 1. The average Bonchev–Trinajstić information content (AvgIpc) is 3.45. The molecular formula is C27H31FN6O3. The van der Waals surface area contributed by atoms with Crippen molar-refractivity contribution in [3.63, 3.8) is 0 Å². The van der Waals surface area contributed by atoms with E-state index in [1.165, 1.54) is 0 Å². The van der Waals surface area contributed by atoms with E-state index in [9.17, 15) is 14.3 Å². The van der Waals surface area contributed by atoms with Crippen molar-refractivity contribution in [2.24, 2.45) is 0 Å². The molecule has 0 spiro atoms. The van der Waals surface area contributed by atoms with Crippen molar-refractivity contribution < 1.29 is 18.8 Å². The minimum Gasteiger partial charge on any atom is -0.390 e. The number of pyridine rings is 2. The molecular weight excluding hydrogens is 475 g/mol. The van der Waals surface area contributed by atoms with Crippen molar-refractivity contribution in [3.05, 3.63) is 53.8 Å². The molecule has 37 heavy (non-hydrogen) atoms. The summed E-state index contributed by atoms with van der Waals surface area (Å²) in [5.41, 5.74) is 1.40. The van der Waals surface area contributed by atoms with E-state index in [4.69, 9.17) is 4.52 Å². The van der Waals surface area contributed by atoms with E-state index in [1.807, 2.05) is 28.8 Å². The molecule has 0 bridgehead atoms. The topological polar surface area (TPSA) is 110 Å². The largest absolute Gasteiger partial charge is 0.390 e. The van der Waals surface area contributed by atoms with E-state index in [0.29, 0.717) is 67.4 Å². The standard InChI is InChI=1S/C27H31FN6O3/c1-17-31-23(32-37-17)22-6-5-21(16-29-22)34-20(7-8-26(2,3)36)14-18-13-19(15-30-24(18)34)25(35)33-11-9-27(4,28)10-12-33/h5-6,13-16,36H,7-12H2,1-4H3. The Bertz CT molecular complexity index is 1420.